The first-order chi connectivity index (χ1) is 18.4. The van der Waals surface area contributed by atoms with E-state index in [1.807, 2.05) is 36.4 Å². The molecule has 1 aliphatic carbocycles. The molecule has 3 aromatic carbocycles. The Morgan fingerprint density at radius 3 is 2.50 bits per heavy atom. The minimum absolute atomic E-state index is 0.102. The van der Waals surface area contributed by atoms with E-state index in [0.29, 0.717) is 21.9 Å². The SMILES string of the molecule is OB(O)c1ccc2c(c1)CCCC(c1ccc(Cl)cc1Cl)=C2c1ccc(O[C@H]2CCN(CCCF)C2)cc1. The zero-order valence-corrected chi connectivity index (χ0v) is 22.7. The highest BCUT2D eigenvalue weighted by molar-refractivity contribution is 6.58. The summed E-state index contributed by atoms with van der Waals surface area (Å²) in [4.78, 5) is 2.26. The number of hydrogen-bond donors (Lipinski definition) is 2. The Kier molecular flexibility index (Phi) is 8.76. The third-order valence-electron chi connectivity index (χ3n) is 7.41. The summed E-state index contributed by atoms with van der Waals surface area (Å²) in [7, 11) is -1.51. The molecule has 0 saturated carbocycles. The molecule has 1 heterocycles. The van der Waals surface area contributed by atoms with Crippen molar-refractivity contribution < 1.29 is 19.2 Å². The van der Waals surface area contributed by atoms with Crippen molar-refractivity contribution in [1.82, 2.24) is 4.90 Å². The second kappa shape index (κ2) is 12.2. The van der Waals surface area contributed by atoms with Gasteiger partial charge in [-0.2, -0.15) is 0 Å². The molecule has 1 saturated heterocycles. The van der Waals surface area contributed by atoms with Gasteiger partial charge in [0.05, 0.1) is 6.67 Å². The number of hydrogen-bond acceptors (Lipinski definition) is 4. The summed E-state index contributed by atoms with van der Waals surface area (Å²) in [5.74, 6) is 0.811. The van der Waals surface area contributed by atoms with Crippen LogP contribution in [0.15, 0.2) is 60.7 Å². The average Bonchev–Trinajstić information content (AvgIpc) is 3.26. The van der Waals surface area contributed by atoms with Gasteiger partial charge in [0.15, 0.2) is 0 Å². The predicted molar refractivity (Wildman–Crippen MR) is 154 cm³/mol. The van der Waals surface area contributed by atoms with Gasteiger partial charge in [-0.15, -0.1) is 0 Å². The van der Waals surface area contributed by atoms with E-state index in [2.05, 4.69) is 17.0 Å². The second-order valence-corrected chi connectivity index (χ2v) is 10.9. The largest absolute Gasteiger partial charge is 0.489 e. The molecule has 4 nitrogen and oxygen atoms in total. The van der Waals surface area contributed by atoms with Crippen LogP contribution in [0.5, 0.6) is 5.75 Å². The standard InChI is InChI=1S/C30H31BCl2FNO3/c32-23-8-12-27(29(33)18-23)28-4-1-3-21-17-22(31(36)37)7-11-26(21)30(28)20-5-9-24(10-6-20)38-25-13-16-35(19-25)15-2-14-34/h5-12,17-18,25,36-37H,1-4,13-16,19H2/t25-/m0/s1. The molecule has 0 aromatic heterocycles. The lowest BCUT2D eigenvalue weighted by Crippen LogP contribution is -2.30. The van der Waals surface area contributed by atoms with Gasteiger partial charge in [-0.3, -0.25) is 9.29 Å². The first kappa shape index (κ1) is 27.2. The van der Waals surface area contributed by atoms with Crippen molar-refractivity contribution in [3.8, 4) is 5.75 Å². The maximum Gasteiger partial charge on any atom is 0.488 e. The number of halogens is 3. The summed E-state index contributed by atoms with van der Waals surface area (Å²) in [6, 6.07) is 19.4. The lowest BCUT2D eigenvalue weighted by atomic mass is 9.77. The van der Waals surface area contributed by atoms with Crippen LogP contribution in [-0.2, 0) is 6.42 Å². The van der Waals surface area contributed by atoms with Gasteiger partial charge in [0.2, 0.25) is 0 Å². The zero-order valence-electron chi connectivity index (χ0n) is 21.2. The van der Waals surface area contributed by atoms with Crippen LogP contribution in [0, 0.1) is 0 Å². The number of aryl methyl sites for hydroxylation is 1. The Morgan fingerprint density at radius 2 is 1.76 bits per heavy atom. The van der Waals surface area contributed by atoms with Crippen LogP contribution in [-0.4, -0.2) is 54.5 Å². The van der Waals surface area contributed by atoms with Crippen molar-refractivity contribution in [2.75, 3.05) is 26.3 Å². The summed E-state index contributed by atoms with van der Waals surface area (Å²) < 4.78 is 18.8. The van der Waals surface area contributed by atoms with Crippen LogP contribution >= 0.6 is 23.2 Å². The maximum absolute atomic E-state index is 12.5. The van der Waals surface area contributed by atoms with E-state index in [4.69, 9.17) is 27.9 Å². The van der Waals surface area contributed by atoms with Gasteiger partial charge in [0.1, 0.15) is 11.9 Å². The molecule has 1 fully saturated rings. The predicted octanol–water partition coefficient (Wildman–Crippen LogP) is 5.78. The Labute approximate surface area is 233 Å². The fourth-order valence-corrected chi connectivity index (χ4v) is 6.10. The van der Waals surface area contributed by atoms with Crippen molar-refractivity contribution in [3.05, 3.63) is 93.0 Å². The third-order valence-corrected chi connectivity index (χ3v) is 7.96. The van der Waals surface area contributed by atoms with E-state index in [-0.39, 0.29) is 12.8 Å². The highest BCUT2D eigenvalue weighted by Gasteiger charge is 2.25. The molecule has 1 atom stereocenters. The molecule has 2 N–H and O–H groups in total. The van der Waals surface area contributed by atoms with Crippen LogP contribution < -0.4 is 10.2 Å². The first-order valence-electron chi connectivity index (χ1n) is 13.2. The molecular formula is C30H31BCl2FNO3. The van der Waals surface area contributed by atoms with E-state index >= 15 is 0 Å². The van der Waals surface area contributed by atoms with E-state index in [9.17, 15) is 14.4 Å². The van der Waals surface area contributed by atoms with Gasteiger partial charge >= 0.3 is 7.12 Å². The summed E-state index contributed by atoms with van der Waals surface area (Å²) in [6.45, 7) is 2.24. The normalized spacial score (nSPS) is 17.9. The van der Waals surface area contributed by atoms with E-state index < -0.39 is 7.12 Å². The summed E-state index contributed by atoms with van der Waals surface area (Å²) >= 11 is 12.9. The Bertz CT molecular complexity index is 1320. The molecule has 0 spiro atoms. The maximum atomic E-state index is 12.5. The zero-order chi connectivity index (χ0) is 26.6. The topological polar surface area (TPSA) is 52.9 Å². The smallest absolute Gasteiger partial charge is 0.488 e. The number of benzene rings is 3. The Morgan fingerprint density at radius 1 is 0.974 bits per heavy atom. The molecule has 38 heavy (non-hydrogen) atoms. The number of allylic oxidation sites excluding steroid dienone is 1. The van der Waals surface area contributed by atoms with E-state index in [0.717, 1.165) is 84.5 Å². The fourth-order valence-electron chi connectivity index (χ4n) is 5.57. The van der Waals surface area contributed by atoms with E-state index in [1.54, 1.807) is 12.1 Å². The number of ether oxygens (including phenoxy) is 1. The number of nitrogens with zero attached hydrogens (tertiary/aromatic N) is 1. The molecule has 0 bridgehead atoms. The molecule has 3 aromatic rings. The molecule has 0 unspecified atom stereocenters. The van der Waals surface area contributed by atoms with Gasteiger partial charge in [0.25, 0.3) is 0 Å². The van der Waals surface area contributed by atoms with Crippen molar-refractivity contribution in [2.24, 2.45) is 0 Å². The fraction of sp³-hybridized carbons (Fsp3) is 0.333. The molecule has 1 aliphatic heterocycles. The van der Waals surface area contributed by atoms with Gasteiger partial charge in [-0.25, -0.2) is 0 Å². The minimum Gasteiger partial charge on any atom is -0.489 e. The third kappa shape index (κ3) is 6.11. The lowest BCUT2D eigenvalue weighted by Gasteiger charge is -2.19. The van der Waals surface area contributed by atoms with Gasteiger partial charge < -0.3 is 14.8 Å². The van der Waals surface area contributed by atoms with Crippen LogP contribution in [0.2, 0.25) is 10.0 Å². The molecular weight excluding hydrogens is 523 g/mol. The molecule has 0 amide bonds. The van der Waals surface area contributed by atoms with Crippen LogP contribution in [0.25, 0.3) is 11.1 Å². The summed E-state index contributed by atoms with van der Waals surface area (Å²) in [5, 5.41) is 20.7. The molecule has 198 valence electrons. The van der Waals surface area contributed by atoms with Crippen molar-refractivity contribution in [1.29, 1.82) is 0 Å². The number of likely N-dealkylation sites (tertiary alicyclic amines) is 1. The number of fused-ring (bicyclic) bond motifs is 1. The van der Waals surface area contributed by atoms with E-state index in [1.165, 1.54) is 0 Å². The molecule has 0 radical (unpaired) electrons. The minimum atomic E-state index is -1.51. The Balaban J connectivity index is 1.51. The van der Waals surface area contributed by atoms with Gasteiger partial charge in [-0.05, 0) is 95.2 Å². The monoisotopic (exact) mass is 553 g/mol. The molecule has 2 aliphatic rings. The second-order valence-electron chi connectivity index (χ2n) is 10.0. The van der Waals surface area contributed by atoms with Gasteiger partial charge in [-0.1, -0.05) is 59.6 Å². The highest BCUT2D eigenvalue weighted by atomic mass is 35.5. The average molecular weight is 554 g/mol. The first-order valence-corrected chi connectivity index (χ1v) is 13.9. The van der Waals surface area contributed by atoms with Crippen LogP contribution in [0.4, 0.5) is 4.39 Å². The molecule has 8 heteroatoms. The number of rotatable bonds is 8. The highest BCUT2D eigenvalue weighted by Crippen LogP contribution is 2.42. The summed E-state index contributed by atoms with van der Waals surface area (Å²) in [6.07, 6.45) is 4.14. The van der Waals surface area contributed by atoms with Crippen molar-refractivity contribution in [3.63, 3.8) is 0 Å². The van der Waals surface area contributed by atoms with Crippen LogP contribution in [0.3, 0.4) is 0 Å². The summed E-state index contributed by atoms with van der Waals surface area (Å²) in [5.41, 5.74) is 6.81. The number of alkyl halides is 1. The van der Waals surface area contributed by atoms with Gasteiger partial charge in [0, 0.05) is 29.7 Å². The van der Waals surface area contributed by atoms with Crippen molar-refractivity contribution >= 4 is 46.9 Å². The molecule has 5 rings (SSSR count). The quantitative estimate of drug-likeness (QED) is 0.347. The Hall–Kier alpha value is -2.35. The van der Waals surface area contributed by atoms with Crippen molar-refractivity contribution in [2.45, 2.75) is 38.2 Å². The van der Waals surface area contributed by atoms with Crippen LogP contribution in [0.1, 0.15) is 47.9 Å². The lowest BCUT2D eigenvalue weighted by molar-refractivity contribution is 0.198.